The van der Waals surface area contributed by atoms with Gasteiger partial charge in [-0.2, -0.15) is 0 Å². The van der Waals surface area contributed by atoms with Crippen molar-refractivity contribution in [3.05, 3.63) is 173 Å². The molecule has 6 aromatic carbocycles. The molecule has 1 spiro atoms. The molecule has 0 unspecified atom stereocenters. The van der Waals surface area contributed by atoms with Crippen LogP contribution in [0, 0.1) is 5.92 Å². The molecule has 0 saturated carbocycles. The molecule has 2 aliphatic rings. The number of nitrogen functional groups attached to an aromatic ring is 2. The molecule has 1 fully saturated rings. The van der Waals surface area contributed by atoms with Crippen molar-refractivity contribution in [2.24, 2.45) is 5.92 Å². The van der Waals surface area contributed by atoms with Crippen LogP contribution in [-0.2, 0) is 33.0 Å². The molecule has 0 aromatic heterocycles. The van der Waals surface area contributed by atoms with Gasteiger partial charge < -0.3 is 46.5 Å². The Balaban J connectivity index is 1.20. The summed E-state index contributed by atoms with van der Waals surface area (Å²) in [7, 11) is -1.06. The summed E-state index contributed by atoms with van der Waals surface area (Å²) in [6.07, 6.45) is -0.762. The number of nitrogens with zero attached hydrogens (tertiary/aromatic N) is 2. The minimum atomic E-state index is -2.68. The van der Waals surface area contributed by atoms with Crippen LogP contribution in [0.2, 0.25) is 18.6 Å². The maximum Gasteiger partial charge on any atom is 0.264 e. The topological polar surface area (TPSA) is 190 Å². The van der Waals surface area contributed by atoms with E-state index in [-0.39, 0.29) is 55.3 Å². The third kappa shape index (κ3) is 9.41. The highest BCUT2D eigenvalue weighted by atomic mass is 28.3. The van der Waals surface area contributed by atoms with Crippen molar-refractivity contribution in [2.75, 3.05) is 47.3 Å². The molecule has 1 saturated heterocycles. The van der Waals surface area contributed by atoms with Crippen LogP contribution >= 0.6 is 0 Å². The van der Waals surface area contributed by atoms with E-state index >= 15 is 4.79 Å². The van der Waals surface area contributed by atoms with E-state index in [0.29, 0.717) is 57.4 Å². The highest BCUT2D eigenvalue weighted by Crippen LogP contribution is 2.60. The minimum absolute atomic E-state index is 0.0396. The summed E-state index contributed by atoms with van der Waals surface area (Å²) in [4.78, 5) is 60.6. The normalized spacial score (nSPS) is 18.7. The molecule has 2 aliphatic heterocycles. The molecule has 8 rings (SSSR count). The summed E-state index contributed by atoms with van der Waals surface area (Å²) in [6, 6.07) is 43.6. The molecule has 67 heavy (non-hydrogen) atoms. The fourth-order valence-electron chi connectivity index (χ4n) is 9.87. The van der Waals surface area contributed by atoms with Gasteiger partial charge >= 0.3 is 0 Å². The summed E-state index contributed by atoms with van der Waals surface area (Å²) < 4.78 is 12.9. The lowest BCUT2D eigenvalue weighted by atomic mass is 9.82. The van der Waals surface area contributed by atoms with Gasteiger partial charge in [0.15, 0.2) is 5.60 Å². The number of ether oxygens (including phenoxy) is 2. The molecule has 7 N–H and O–H groups in total. The molecule has 6 aromatic rings. The van der Waals surface area contributed by atoms with E-state index in [0.717, 1.165) is 16.3 Å². The summed E-state index contributed by atoms with van der Waals surface area (Å²) in [5, 5.41) is 17.2. The lowest BCUT2D eigenvalue weighted by Crippen LogP contribution is -2.52. The Kier molecular flexibility index (Phi) is 13.3. The van der Waals surface area contributed by atoms with Crippen molar-refractivity contribution >= 4 is 65.3 Å². The van der Waals surface area contributed by atoms with E-state index in [2.05, 4.69) is 35.9 Å². The van der Waals surface area contributed by atoms with Crippen LogP contribution in [0.5, 0.6) is 5.75 Å². The van der Waals surface area contributed by atoms with Crippen LogP contribution in [0.4, 0.5) is 28.4 Å². The van der Waals surface area contributed by atoms with Gasteiger partial charge in [0.05, 0.1) is 46.5 Å². The van der Waals surface area contributed by atoms with Crippen molar-refractivity contribution in [3.63, 3.8) is 0 Å². The Labute approximate surface area is 391 Å². The maximum atomic E-state index is 15.8. The number of anilines is 5. The van der Waals surface area contributed by atoms with Gasteiger partial charge in [0, 0.05) is 58.4 Å². The average molecular weight is 917 g/mol. The standard InChI is InChI=1S/C53H56N6O7Si/c1-34-49(67(3,4)44-24-22-43(65-2)23-25-44)47(31-48(61)58(27-28-60)32-35-9-6-5-7-10-35)66-53(34)45-30-42(57-51(63)38-15-19-40(55)20-16-38)21-26-46(45)59(52(53)64)33-36-11-8-12-41(29-36)56-50(62)37-13-17-39(54)18-14-37/h5-26,29-30,34,47,49,60H,27-28,31-33,54-55H2,1-4H3,(H,56,62)(H,57,63)/t34-,47+,49-,53+/m1/s1. The summed E-state index contributed by atoms with van der Waals surface area (Å²) in [5.74, 6) is -0.932. The Morgan fingerprint density at radius 1 is 0.776 bits per heavy atom. The quantitative estimate of drug-likeness (QED) is 0.0512. The number of aliphatic hydroxyl groups is 1. The molecular formula is C53H56N6O7Si. The first-order valence-corrected chi connectivity index (χ1v) is 25.4. The van der Waals surface area contributed by atoms with Crippen LogP contribution in [-0.4, -0.2) is 68.1 Å². The van der Waals surface area contributed by atoms with Crippen molar-refractivity contribution in [1.29, 1.82) is 0 Å². The number of hydrogen-bond donors (Lipinski definition) is 5. The Bertz CT molecular complexity index is 2770. The van der Waals surface area contributed by atoms with Crippen LogP contribution in [0.15, 0.2) is 146 Å². The van der Waals surface area contributed by atoms with E-state index in [1.54, 1.807) is 77.6 Å². The Hall–Kier alpha value is -7.26. The number of carbonyl (C=O) groups is 4. The third-order valence-electron chi connectivity index (χ3n) is 13.3. The maximum absolute atomic E-state index is 15.8. The van der Waals surface area contributed by atoms with Gasteiger partial charge in [0.1, 0.15) is 5.75 Å². The van der Waals surface area contributed by atoms with Crippen LogP contribution in [0.3, 0.4) is 0 Å². The zero-order valence-corrected chi connectivity index (χ0v) is 39.1. The number of aliphatic hydroxyl groups excluding tert-OH is 1. The summed E-state index contributed by atoms with van der Waals surface area (Å²) in [5.41, 5.74) is 15.7. The predicted octanol–water partition coefficient (Wildman–Crippen LogP) is 7.54. The van der Waals surface area contributed by atoms with Crippen LogP contribution in [0.25, 0.3) is 0 Å². The lowest BCUT2D eigenvalue weighted by molar-refractivity contribution is -0.150. The first-order chi connectivity index (χ1) is 32.2. The smallest absolute Gasteiger partial charge is 0.264 e. The second-order valence-electron chi connectivity index (χ2n) is 17.9. The first kappa shape index (κ1) is 46.3. The second kappa shape index (κ2) is 19.3. The van der Waals surface area contributed by atoms with E-state index in [1.807, 2.05) is 79.7 Å². The predicted molar refractivity (Wildman–Crippen MR) is 265 cm³/mol. The molecule has 0 bridgehead atoms. The highest BCUT2D eigenvalue weighted by Gasteiger charge is 2.66. The third-order valence-corrected chi connectivity index (χ3v) is 17.6. The number of hydrogen-bond acceptors (Lipinski definition) is 9. The van der Waals surface area contributed by atoms with Crippen molar-refractivity contribution < 1.29 is 33.8 Å². The molecule has 0 radical (unpaired) electrons. The lowest BCUT2D eigenvalue weighted by Gasteiger charge is -2.37. The van der Waals surface area contributed by atoms with Gasteiger partial charge in [0.25, 0.3) is 17.7 Å². The van der Waals surface area contributed by atoms with Crippen molar-refractivity contribution in [1.82, 2.24) is 4.90 Å². The fraction of sp³-hybridized carbons (Fsp3) is 0.245. The second-order valence-corrected chi connectivity index (χ2v) is 22.5. The number of amides is 4. The molecule has 0 aliphatic carbocycles. The Morgan fingerprint density at radius 2 is 1.37 bits per heavy atom. The molecular weight excluding hydrogens is 861 g/mol. The van der Waals surface area contributed by atoms with Gasteiger partial charge in [-0.25, -0.2) is 0 Å². The number of carbonyl (C=O) groups excluding carboxylic acids is 4. The largest absolute Gasteiger partial charge is 0.497 e. The van der Waals surface area contributed by atoms with E-state index in [1.165, 1.54) is 0 Å². The number of fused-ring (bicyclic) bond motifs is 2. The average Bonchev–Trinajstić information content (AvgIpc) is 3.74. The van der Waals surface area contributed by atoms with Gasteiger partial charge in [-0.05, 0) is 108 Å². The SMILES string of the molecule is COc1ccc([Si](C)(C)[C@H]2[C@H](CC(=O)N(CCO)Cc3ccccc3)O[C@@]3(C(=O)N(Cc4cccc(NC(=O)c5ccc(N)cc5)c4)c4ccc(NC(=O)c5ccc(N)cc5)cc43)[C@@H]2C)cc1. The number of nitrogens with two attached hydrogens (primary N) is 2. The van der Waals surface area contributed by atoms with E-state index in [4.69, 9.17) is 20.9 Å². The zero-order chi connectivity index (χ0) is 47.5. The monoisotopic (exact) mass is 916 g/mol. The van der Waals surface area contributed by atoms with Crippen molar-refractivity contribution in [3.8, 4) is 5.75 Å². The number of methoxy groups -OCH3 is 1. The van der Waals surface area contributed by atoms with Gasteiger partial charge in [-0.15, -0.1) is 0 Å². The molecule has 2 heterocycles. The molecule has 14 heteroatoms. The van der Waals surface area contributed by atoms with Gasteiger partial charge in [-0.1, -0.05) is 79.8 Å². The summed E-state index contributed by atoms with van der Waals surface area (Å²) in [6.45, 7) is 6.86. The number of benzene rings is 6. The fourth-order valence-corrected chi connectivity index (χ4v) is 13.9. The van der Waals surface area contributed by atoms with E-state index in [9.17, 15) is 19.5 Å². The zero-order valence-electron chi connectivity index (χ0n) is 38.1. The molecule has 4 atom stereocenters. The van der Waals surface area contributed by atoms with Gasteiger partial charge in [-0.3, -0.25) is 19.2 Å². The number of rotatable bonds is 15. The minimum Gasteiger partial charge on any atom is -0.497 e. The molecule has 4 amide bonds. The van der Waals surface area contributed by atoms with Crippen LogP contribution in [0.1, 0.15) is 50.8 Å². The molecule has 13 nitrogen and oxygen atoms in total. The van der Waals surface area contributed by atoms with E-state index < -0.39 is 25.7 Å². The Morgan fingerprint density at radius 3 is 1.97 bits per heavy atom. The van der Waals surface area contributed by atoms with Crippen LogP contribution < -0.4 is 36.9 Å². The van der Waals surface area contributed by atoms with Crippen molar-refractivity contribution in [2.45, 2.75) is 56.8 Å². The summed E-state index contributed by atoms with van der Waals surface area (Å²) >= 11 is 0. The van der Waals surface area contributed by atoms with Gasteiger partial charge in [0.2, 0.25) is 5.91 Å². The first-order valence-electron chi connectivity index (χ1n) is 22.4. The highest BCUT2D eigenvalue weighted by molar-refractivity contribution is 6.91. The molecule has 344 valence electrons. The number of nitrogens with one attached hydrogen (secondary N) is 2.